The SMILES string of the molecule is CC(OC(=O)c1ccc(NC(N)=O)cc1)C(=O)C12CC3CC(CC(C3)C1)C2. The van der Waals surface area contributed by atoms with E-state index in [1.54, 1.807) is 31.2 Å². The summed E-state index contributed by atoms with van der Waals surface area (Å²) in [6.45, 7) is 1.70. The predicted molar refractivity (Wildman–Crippen MR) is 100 cm³/mol. The molecular weight excluding hydrogens is 344 g/mol. The zero-order valence-corrected chi connectivity index (χ0v) is 15.6. The van der Waals surface area contributed by atoms with Crippen molar-refractivity contribution in [3.05, 3.63) is 29.8 Å². The molecule has 0 spiro atoms. The molecule has 0 radical (unpaired) electrons. The quantitative estimate of drug-likeness (QED) is 0.775. The van der Waals surface area contributed by atoms with Gasteiger partial charge < -0.3 is 15.8 Å². The molecule has 4 saturated carbocycles. The number of hydrogen-bond donors (Lipinski definition) is 2. The van der Waals surface area contributed by atoms with Gasteiger partial charge in [0.1, 0.15) is 0 Å². The van der Waals surface area contributed by atoms with Crippen molar-refractivity contribution in [3.8, 4) is 0 Å². The highest BCUT2D eigenvalue weighted by molar-refractivity contribution is 5.95. The summed E-state index contributed by atoms with van der Waals surface area (Å²) in [5.41, 5.74) is 5.63. The van der Waals surface area contributed by atoms with Gasteiger partial charge in [-0.3, -0.25) is 4.79 Å². The van der Waals surface area contributed by atoms with E-state index >= 15 is 0 Å². The zero-order chi connectivity index (χ0) is 19.2. The lowest BCUT2D eigenvalue weighted by Crippen LogP contribution is -2.52. The van der Waals surface area contributed by atoms with Crippen molar-refractivity contribution in [1.29, 1.82) is 0 Å². The Morgan fingerprint density at radius 1 is 1.04 bits per heavy atom. The minimum absolute atomic E-state index is 0.0990. The minimum Gasteiger partial charge on any atom is -0.451 e. The van der Waals surface area contributed by atoms with Crippen molar-refractivity contribution >= 4 is 23.5 Å². The van der Waals surface area contributed by atoms with E-state index < -0.39 is 18.1 Å². The van der Waals surface area contributed by atoms with Gasteiger partial charge in [0.05, 0.1) is 5.56 Å². The molecule has 0 aromatic heterocycles. The fourth-order valence-corrected chi connectivity index (χ4v) is 5.96. The van der Waals surface area contributed by atoms with E-state index in [-0.39, 0.29) is 11.2 Å². The number of anilines is 1. The number of benzene rings is 1. The number of primary amides is 1. The standard InChI is InChI=1S/C21H26N2O4/c1-12(27-19(25)16-2-4-17(5-3-16)23-20(22)26)18(24)21-9-13-6-14(10-21)8-15(7-13)11-21/h2-5,12-15H,6-11H2,1H3,(H3,22,23,26). The van der Waals surface area contributed by atoms with E-state index in [0.717, 1.165) is 19.3 Å². The van der Waals surface area contributed by atoms with Crippen molar-refractivity contribution in [2.45, 2.75) is 51.6 Å². The Hall–Kier alpha value is -2.37. The summed E-state index contributed by atoms with van der Waals surface area (Å²) in [4.78, 5) is 36.5. The van der Waals surface area contributed by atoms with Gasteiger partial charge in [-0.05, 0) is 87.5 Å². The van der Waals surface area contributed by atoms with Crippen LogP contribution in [0.5, 0.6) is 0 Å². The van der Waals surface area contributed by atoms with Crippen LogP contribution in [0.4, 0.5) is 10.5 Å². The minimum atomic E-state index is -0.739. The summed E-state index contributed by atoms with van der Waals surface area (Å²) in [6.07, 6.45) is 5.97. The number of nitrogens with one attached hydrogen (secondary N) is 1. The lowest BCUT2D eigenvalue weighted by Gasteiger charge is -2.56. The summed E-state index contributed by atoms with van der Waals surface area (Å²) in [5, 5.41) is 2.44. The van der Waals surface area contributed by atoms with Gasteiger partial charge in [0.15, 0.2) is 11.9 Å². The second-order valence-electron chi connectivity index (χ2n) is 8.68. The molecule has 6 nitrogen and oxygen atoms in total. The van der Waals surface area contributed by atoms with Crippen molar-refractivity contribution in [1.82, 2.24) is 0 Å². The van der Waals surface area contributed by atoms with E-state index in [4.69, 9.17) is 10.5 Å². The number of hydrogen-bond acceptors (Lipinski definition) is 4. The number of rotatable bonds is 5. The maximum Gasteiger partial charge on any atom is 0.338 e. The van der Waals surface area contributed by atoms with Gasteiger partial charge in [0.2, 0.25) is 0 Å². The van der Waals surface area contributed by atoms with E-state index in [1.165, 1.54) is 19.3 Å². The van der Waals surface area contributed by atoms with Crippen LogP contribution in [0.2, 0.25) is 0 Å². The molecule has 0 saturated heterocycles. The molecule has 2 amide bonds. The van der Waals surface area contributed by atoms with Crippen LogP contribution in [0.25, 0.3) is 0 Å². The van der Waals surface area contributed by atoms with Gasteiger partial charge in [0, 0.05) is 11.1 Å². The third-order valence-corrected chi connectivity index (χ3v) is 6.60. The van der Waals surface area contributed by atoms with Crippen LogP contribution in [-0.4, -0.2) is 23.9 Å². The van der Waals surface area contributed by atoms with Gasteiger partial charge >= 0.3 is 12.0 Å². The summed E-state index contributed by atoms with van der Waals surface area (Å²) < 4.78 is 5.51. The average Bonchev–Trinajstić information content (AvgIpc) is 2.60. The van der Waals surface area contributed by atoms with Crippen molar-refractivity contribution < 1.29 is 19.1 Å². The van der Waals surface area contributed by atoms with Gasteiger partial charge in [-0.1, -0.05) is 0 Å². The molecule has 5 rings (SSSR count). The Kier molecular flexibility index (Phi) is 4.44. The molecule has 4 aliphatic carbocycles. The molecule has 1 atom stereocenters. The number of carbonyl (C=O) groups is 3. The van der Waals surface area contributed by atoms with Crippen LogP contribution in [-0.2, 0) is 9.53 Å². The van der Waals surface area contributed by atoms with E-state index in [1.807, 2.05) is 0 Å². The van der Waals surface area contributed by atoms with E-state index in [9.17, 15) is 14.4 Å². The van der Waals surface area contributed by atoms with Crippen LogP contribution < -0.4 is 11.1 Å². The number of carbonyl (C=O) groups excluding carboxylic acids is 3. The number of ketones is 1. The number of urea groups is 1. The summed E-state index contributed by atoms with van der Waals surface area (Å²) in [5.74, 6) is 1.60. The lowest BCUT2D eigenvalue weighted by atomic mass is 9.48. The normalized spacial score (nSPS) is 32.0. The molecule has 3 N–H and O–H groups in total. The molecule has 144 valence electrons. The zero-order valence-electron chi connectivity index (χ0n) is 15.6. The molecule has 0 aliphatic heterocycles. The number of Topliss-reactive ketones (excluding diaryl/α,β-unsaturated/α-hetero) is 1. The molecule has 1 unspecified atom stereocenters. The fourth-order valence-electron chi connectivity index (χ4n) is 5.96. The second-order valence-corrected chi connectivity index (χ2v) is 8.68. The van der Waals surface area contributed by atoms with E-state index in [2.05, 4.69) is 5.32 Å². The first-order valence-corrected chi connectivity index (χ1v) is 9.76. The molecule has 1 aromatic carbocycles. The Balaban J connectivity index is 1.41. The number of esters is 1. The van der Waals surface area contributed by atoms with Gasteiger partial charge in [-0.25, -0.2) is 9.59 Å². The first kappa shape index (κ1) is 18.0. The largest absolute Gasteiger partial charge is 0.451 e. The monoisotopic (exact) mass is 370 g/mol. The van der Waals surface area contributed by atoms with Gasteiger partial charge in [-0.15, -0.1) is 0 Å². The van der Waals surface area contributed by atoms with E-state index in [0.29, 0.717) is 29.0 Å². The third kappa shape index (κ3) is 3.45. The van der Waals surface area contributed by atoms with Crippen LogP contribution in [0.3, 0.4) is 0 Å². The highest BCUT2D eigenvalue weighted by Crippen LogP contribution is 2.60. The Morgan fingerprint density at radius 3 is 2.04 bits per heavy atom. The summed E-state index contributed by atoms with van der Waals surface area (Å²) in [6, 6.07) is 5.59. The second kappa shape index (κ2) is 6.66. The molecular formula is C21H26N2O4. The first-order valence-electron chi connectivity index (χ1n) is 9.76. The van der Waals surface area contributed by atoms with Gasteiger partial charge in [0.25, 0.3) is 0 Å². The Bertz CT molecular complexity index is 736. The van der Waals surface area contributed by atoms with Crippen molar-refractivity contribution in [2.75, 3.05) is 5.32 Å². The summed E-state index contributed by atoms with van der Waals surface area (Å²) >= 11 is 0. The molecule has 1 aromatic rings. The highest BCUT2D eigenvalue weighted by Gasteiger charge is 2.55. The number of ether oxygens (including phenoxy) is 1. The molecule has 6 heteroatoms. The van der Waals surface area contributed by atoms with Crippen LogP contribution >= 0.6 is 0 Å². The van der Waals surface area contributed by atoms with Crippen LogP contribution in [0, 0.1) is 23.2 Å². The smallest absolute Gasteiger partial charge is 0.338 e. The molecule has 4 aliphatic rings. The maximum atomic E-state index is 13.2. The number of nitrogens with two attached hydrogens (primary N) is 1. The lowest BCUT2D eigenvalue weighted by molar-refractivity contribution is -0.152. The third-order valence-electron chi connectivity index (χ3n) is 6.60. The highest BCUT2D eigenvalue weighted by atomic mass is 16.5. The molecule has 4 fully saturated rings. The topological polar surface area (TPSA) is 98.5 Å². The predicted octanol–water partition coefficient (Wildman–Crippen LogP) is 3.51. The van der Waals surface area contributed by atoms with Crippen LogP contribution in [0.15, 0.2) is 24.3 Å². The Morgan fingerprint density at radius 2 is 1.56 bits per heavy atom. The molecule has 27 heavy (non-hydrogen) atoms. The van der Waals surface area contributed by atoms with Crippen molar-refractivity contribution in [2.24, 2.45) is 28.9 Å². The molecule has 4 bridgehead atoms. The fraction of sp³-hybridized carbons (Fsp3) is 0.571. The summed E-state index contributed by atoms with van der Waals surface area (Å²) in [7, 11) is 0. The maximum absolute atomic E-state index is 13.2. The molecule has 0 heterocycles. The van der Waals surface area contributed by atoms with Crippen molar-refractivity contribution in [3.63, 3.8) is 0 Å². The Labute approximate surface area is 158 Å². The average molecular weight is 370 g/mol. The van der Waals surface area contributed by atoms with Crippen LogP contribution in [0.1, 0.15) is 55.8 Å². The number of amides is 2. The first-order chi connectivity index (χ1) is 12.8. The van der Waals surface area contributed by atoms with Gasteiger partial charge in [-0.2, -0.15) is 0 Å².